The number of nitrogens with one attached hydrogen (secondary N) is 1. The Morgan fingerprint density at radius 2 is 1.67 bits per heavy atom. The molecule has 1 rings (SSSR count). The zero-order chi connectivity index (χ0) is 18.0. The Balaban J connectivity index is 2.25. The molecular formula is C17H35N3O3S. The van der Waals surface area contributed by atoms with Gasteiger partial charge in [-0.05, 0) is 58.7 Å². The second-order valence-electron chi connectivity index (χ2n) is 6.56. The lowest BCUT2D eigenvalue weighted by molar-refractivity contribution is -0.126. The Morgan fingerprint density at radius 1 is 1.08 bits per heavy atom. The molecule has 142 valence electrons. The maximum Gasteiger partial charge on any atom is 0.223 e. The van der Waals surface area contributed by atoms with E-state index in [0.717, 1.165) is 38.9 Å². The van der Waals surface area contributed by atoms with Crippen molar-refractivity contribution in [3.05, 3.63) is 0 Å². The van der Waals surface area contributed by atoms with E-state index >= 15 is 0 Å². The molecule has 0 aromatic carbocycles. The van der Waals surface area contributed by atoms with Crippen LogP contribution in [0.4, 0.5) is 0 Å². The van der Waals surface area contributed by atoms with E-state index in [1.807, 2.05) is 0 Å². The topological polar surface area (TPSA) is 69.7 Å². The number of carbonyl (C=O) groups is 1. The van der Waals surface area contributed by atoms with Crippen molar-refractivity contribution in [2.45, 2.75) is 52.9 Å². The number of carbonyl (C=O) groups excluding carboxylic acids is 1. The molecule has 1 aliphatic rings. The molecular weight excluding hydrogens is 326 g/mol. The minimum Gasteiger partial charge on any atom is -0.356 e. The SMILES string of the molecule is CCCN(CCC)CCCNC(=O)C1CCN(S(=O)(=O)CC)CC1. The van der Waals surface area contributed by atoms with Crippen LogP contribution < -0.4 is 5.32 Å². The fourth-order valence-corrected chi connectivity index (χ4v) is 4.34. The molecule has 0 aliphatic carbocycles. The first kappa shape index (κ1) is 21.4. The molecule has 0 radical (unpaired) electrons. The van der Waals surface area contributed by atoms with Gasteiger partial charge in [0, 0.05) is 25.6 Å². The Labute approximate surface area is 148 Å². The average Bonchev–Trinajstić information content (AvgIpc) is 2.59. The van der Waals surface area contributed by atoms with Crippen LogP contribution in [0.25, 0.3) is 0 Å². The van der Waals surface area contributed by atoms with Crippen molar-refractivity contribution in [1.82, 2.24) is 14.5 Å². The second-order valence-corrected chi connectivity index (χ2v) is 8.82. The lowest BCUT2D eigenvalue weighted by atomic mass is 9.97. The highest BCUT2D eigenvalue weighted by atomic mass is 32.2. The Kier molecular flexibility index (Phi) is 9.85. The molecule has 0 aromatic rings. The quantitative estimate of drug-likeness (QED) is 0.569. The van der Waals surface area contributed by atoms with Crippen molar-refractivity contribution in [2.24, 2.45) is 5.92 Å². The third-order valence-electron chi connectivity index (χ3n) is 4.61. The molecule has 0 saturated carbocycles. The van der Waals surface area contributed by atoms with Gasteiger partial charge in [-0.25, -0.2) is 12.7 Å². The summed E-state index contributed by atoms with van der Waals surface area (Å²) in [5.74, 6) is 0.173. The minimum atomic E-state index is -3.12. The molecule has 1 amide bonds. The van der Waals surface area contributed by atoms with Crippen molar-refractivity contribution >= 4 is 15.9 Å². The van der Waals surface area contributed by atoms with Crippen LogP contribution in [-0.4, -0.2) is 68.6 Å². The van der Waals surface area contributed by atoms with Gasteiger partial charge >= 0.3 is 0 Å². The van der Waals surface area contributed by atoms with Crippen molar-refractivity contribution in [2.75, 3.05) is 45.0 Å². The number of rotatable bonds is 11. The van der Waals surface area contributed by atoms with Gasteiger partial charge in [-0.1, -0.05) is 13.8 Å². The fraction of sp³-hybridized carbons (Fsp3) is 0.941. The van der Waals surface area contributed by atoms with E-state index in [1.54, 1.807) is 6.92 Å². The van der Waals surface area contributed by atoms with Gasteiger partial charge < -0.3 is 10.2 Å². The Hall–Kier alpha value is -0.660. The van der Waals surface area contributed by atoms with Gasteiger partial charge in [0.1, 0.15) is 0 Å². The van der Waals surface area contributed by atoms with Crippen LogP contribution in [0.3, 0.4) is 0 Å². The number of sulfonamides is 1. The molecule has 1 heterocycles. The molecule has 0 atom stereocenters. The van der Waals surface area contributed by atoms with Crippen LogP contribution >= 0.6 is 0 Å². The maximum absolute atomic E-state index is 12.2. The zero-order valence-corrected chi connectivity index (χ0v) is 16.4. The van der Waals surface area contributed by atoms with Gasteiger partial charge in [-0.15, -0.1) is 0 Å². The summed E-state index contributed by atoms with van der Waals surface area (Å²) in [7, 11) is -3.12. The van der Waals surface area contributed by atoms with Gasteiger partial charge in [0.25, 0.3) is 0 Å². The van der Waals surface area contributed by atoms with Crippen LogP contribution in [0.5, 0.6) is 0 Å². The highest BCUT2D eigenvalue weighted by Crippen LogP contribution is 2.19. The van der Waals surface area contributed by atoms with Crippen molar-refractivity contribution < 1.29 is 13.2 Å². The van der Waals surface area contributed by atoms with Crippen molar-refractivity contribution in [3.8, 4) is 0 Å². The Morgan fingerprint density at radius 3 is 2.17 bits per heavy atom. The van der Waals surface area contributed by atoms with Gasteiger partial charge in [-0.2, -0.15) is 0 Å². The van der Waals surface area contributed by atoms with Crippen molar-refractivity contribution in [1.29, 1.82) is 0 Å². The number of hydrogen-bond acceptors (Lipinski definition) is 4. The molecule has 7 heteroatoms. The smallest absolute Gasteiger partial charge is 0.223 e. The molecule has 0 unspecified atom stereocenters. The third-order valence-corrected chi connectivity index (χ3v) is 6.49. The summed E-state index contributed by atoms with van der Waals surface area (Å²) in [6.45, 7) is 10.9. The summed E-state index contributed by atoms with van der Waals surface area (Å²) >= 11 is 0. The molecule has 1 saturated heterocycles. The second kappa shape index (κ2) is 11.1. The van der Waals surface area contributed by atoms with Crippen LogP contribution in [-0.2, 0) is 14.8 Å². The molecule has 6 nitrogen and oxygen atoms in total. The molecule has 1 fully saturated rings. The number of amides is 1. The molecule has 24 heavy (non-hydrogen) atoms. The van der Waals surface area contributed by atoms with E-state index < -0.39 is 10.0 Å². The number of piperidine rings is 1. The van der Waals surface area contributed by atoms with E-state index in [2.05, 4.69) is 24.1 Å². The lowest BCUT2D eigenvalue weighted by Crippen LogP contribution is -2.43. The summed E-state index contributed by atoms with van der Waals surface area (Å²) in [5, 5.41) is 3.03. The molecule has 0 spiro atoms. The van der Waals surface area contributed by atoms with E-state index in [1.165, 1.54) is 4.31 Å². The number of hydrogen-bond donors (Lipinski definition) is 1. The highest BCUT2D eigenvalue weighted by molar-refractivity contribution is 7.89. The van der Waals surface area contributed by atoms with E-state index in [0.29, 0.717) is 32.5 Å². The van der Waals surface area contributed by atoms with Crippen molar-refractivity contribution in [3.63, 3.8) is 0 Å². The summed E-state index contributed by atoms with van der Waals surface area (Å²) in [6, 6.07) is 0. The third kappa shape index (κ3) is 7.07. The number of nitrogens with zero attached hydrogens (tertiary/aromatic N) is 2. The minimum absolute atomic E-state index is 0.0457. The predicted octanol–water partition coefficient (Wildman–Crippen LogP) is 1.68. The molecule has 1 N–H and O–H groups in total. The molecule has 0 aromatic heterocycles. The van der Waals surface area contributed by atoms with E-state index in [9.17, 15) is 13.2 Å². The van der Waals surface area contributed by atoms with Crippen LogP contribution in [0, 0.1) is 5.92 Å². The maximum atomic E-state index is 12.2. The standard InChI is InChI=1S/C17H35N3O3S/c1-4-11-19(12-5-2)13-7-10-18-17(21)16-8-14-20(15-9-16)24(22,23)6-3/h16H,4-15H2,1-3H3,(H,18,21). The molecule has 1 aliphatic heterocycles. The first-order valence-electron chi connectivity index (χ1n) is 9.42. The lowest BCUT2D eigenvalue weighted by Gasteiger charge is -2.30. The summed E-state index contributed by atoms with van der Waals surface area (Å²) in [6.07, 6.45) is 4.54. The van der Waals surface area contributed by atoms with Gasteiger partial charge in [0.05, 0.1) is 5.75 Å². The largest absolute Gasteiger partial charge is 0.356 e. The summed E-state index contributed by atoms with van der Waals surface area (Å²) < 4.78 is 25.2. The van der Waals surface area contributed by atoms with Gasteiger partial charge in [0.2, 0.25) is 15.9 Å². The van der Waals surface area contributed by atoms with Crippen LogP contribution in [0.15, 0.2) is 0 Å². The fourth-order valence-electron chi connectivity index (χ4n) is 3.21. The van der Waals surface area contributed by atoms with Gasteiger partial charge in [0.15, 0.2) is 0 Å². The average molecular weight is 362 g/mol. The molecule has 0 bridgehead atoms. The first-order chi connectivity index (χ1) is 11.4. The van der Waals surface area contributed by atoms with Crippen LogP contribution in [0.2, 0.25) is 0 Å². The van der Waals surface area contributed by atoms with E-state index in [4.69, 9.17) is 0 Å². The summed E-state index contributed by atoms with van der Waals surface area (Å²) in [4.78, 5) is 14.7. The predicted molar refractivity (Wildman–Crippen MR) is 98.4 cm³/mol. The van der Waals surface area contributed by atoms with E-state index in [-0.39, 0.29) is 17.6 Å². The monoisotopic (exact) mass is 361 g/mol. The van der Waals surface area contributed by atoms with Gasteiger partial charge in [-0.3, -0.25) is 4.79 Å². The Bertz CT molecular complexity index is 454. The first-order valence-corrected chi connectivity index (χ1v) is 11.0. The van der Waals surface area contributed by atoms with Crippen LogP contribution in [0.1, 0.15) is 52.9 Å². The zero-order valence-electron chi connectivity index (χ0n) is 15.6. The summed E-state index contributed by atoms with van der Waals surface area (Å²) in [5.41, 5.74) is 0. The highest BCUT2D eigenvalue weighted by Gasteiger charge is 2.29. The normalized spacial score (nSPS) is 17.3.